The van der Waals surface area contributed by atoms with Crippen molar-refractivity contribution in [3.05, 3.63) is 39.5 Å². The molecule has 3 nitrogen and oxygen atoms in total. The molecule has 0 atom stereocenters. The van der Waals surface area contributed by atoms with Crippen LogP contribution in [0.2, 0.25) is 5.02 Å². The van der Waals surface area contributed by atoms with Gasteiger partial charge in [-0.25, -0.2) is 9.97 Å². The molecule has 1 N–H and O–H groups in total. The van der Waals surface area contributed by atoms with Gasteiger partial charge >= 0.3 is 0 Å². The summed E-state index contributed by atoms with van der Waals surface area (Å²) in [6.45, 7) is 3.05. The Morgan fingerprint density at radius 2 is 2.10 bits per heavy atom. The van der Waals surface area contributed by atoms with E-state index < -0.39 is 0 Å². The standard InChI is InChI=1S/C16H17BrClN3/c1-2-7-19-15-9-14(10-3-4-10)20-16(21-15)12-6-5-11(17)8-13(12)18/h5-6,8-10H,2-4,7H2,1H3,(H,19,20,21). The molecule has 1 aliphatic rings. The van der Waals surface area contributed by atoms with Crippen molar-refractivity contribution in [3.63, 3.8) is 0 Å². The summed E-state index contributed by atoms with van der Waals surface area (Å²) in [5, 5.41) is 4.02. The Bertz CT molecular complexity index is 656. The number of rotatable bonds is 5. The normalized spacial score (nSPS) is 14.2. The number of nitrogens with zero attached hydrogens (tertiary/aromatic N) is 2. The number of hydrogen-bond acceptors (Lipinski definition) is 3. The average Bonchev–Trinajstić information content (AvgIpc) is 3.29. The summed E-state index contributed by atoms with van der Waals surface area (Å²) in [5.41, 5.74) is 2.00. The van der Waals surface area contributed by atoms with E-state index in [0.29, 0.717) is 16.8 Å². The third kappa shape index (κ3) is 3.55. The Morgan fingerprint density at radius 1 is 1.29 bits per heavy atom. The van der Waals surface area contributed by atoms with E-state index in [1.54, 1.807) is 0 Å². The summed E-state index contributed by atoms with van der Waals surface area (Å²) >= 11 is 9.77. The second-order valence-electron chi connectivity index (χ2n) is 5.33. The van der Waals surface area contributed by atoms with Crippen LogP contribution in [0.25, 0.3) is 11.4 Å². The minimum atomic E-state index is 0.586. The van der Waals surface area contributed by atoms with E-state index in [4.69, 9.17) is 16.6 Å². The maximum atomic E-state index is 6.34. The number of benzene rings is 1. The molecule has 1 aromatic carbocycles. The third-order valence-corrected chi connectivity index (χ3v) is 4.28. The van der Waals surface area contributed by atoms with E-state index in [1.807, 2.05) is 18.2 Å². The van der Waals surface area contributed by atoms with Crippen LogP contribution in [0.5, 0.6) is 0 Å². The maximum Gasteiger partial charge on any atom is 0.163 e. The quantitative estimate of drug-likeness (QED) is 0.784. The number of anilines is 1. The number of nitrogens with one attached hydrogen (secondary N) is 1. The fourth-order valence-corrected chi connectivity index (χ4v) is 2.95. The molecular formula is C16H17BrClN3. The zero-order valence-corrected chi connectivity index (χ0v) is 14.2. The topological polar surface area (TPSA) is 37.8 Å². The van der Waals surface area contributed by atoms with Crippen molar-refractivity contribution in [2.45, 2.75) is 32.1 Å². The fourth-order valence-electron chi connectivity index (χ4n) is 2.19. The molecule has 0 unspecified atom stereocenters. The second kappa shape index (κ2) is 6.32. The fraction of sp³-hybridized carbons (Fsp3) is 0.375. The third-order valence-electron chi connectivity index (χ3n) is 3.47. The SMILES string of the molecule is CCCNc1cc(C2CC2)nc(-c2ccc(Br)cc2Cl)n1. The van der Waals surface area contributed by atoms with Gasteiger partial charge in [-0.1, -0.05) is 34.5 Å². The van der Waals surface area contributed by atoms with Crippen molar-refractivity contribution in [2.75, 3.05) is 11.9 Å². The predicted octanol–water partition coefficient (Wildman–Crippen LogP) is 5.26. The highest BCUT2D eigenvalue weighted by atomic mass is 79.9. The molecule has 110 valence electrons. The first-order valence-electron chi connectivity index (χ1n) is 7.25. The Labute approximate surface area is 138 Å². The Hall–Kier alpha value is -1.13. The van der Waals surface area contributed by atoms with Crippen molar-refractivity contribution in [3.8, 4) is 11.4 Å². The van der Waals surface area contributed by atoms with E-state index >= 15 is 0 Å². The first-order chi connectivity index (χ1) is 10.2. The largest absolute Gasteiger partial charge is 0.370 e. The molecule has 2 aromatic rings. The highest BCUT2D eigenvalue weighted by Crippen LogP contribution is 2.40. The molecule has 5 heteroatoms. The van der Waals surface area contributed by atoms with Crippen LogP contribution >= 0.6 is 27.5 Å². The molecule has 1 fully saturated rings. The van der Waals surface area contributed by atoms with Gasteiger partial charge in [0.2, 0.25) is 0 Å². The van der Waals surface area contributed by atoms with Crippen molar-refractivity contribution in [1.29, 1.82) is 0 Å². The lowest BCUT2D eigenvalue weighted by molar-refractivity contribution is 0.948. The Morgan fingerprint density at radius 3 is 2.76 bits per heavy atom. The molecular weight excluding hydrogens is 350 g/mol. The van der Waals surface area contributed by atoms with Gasteiger partial charge in [0.05, 0.1) is 5.02 Å². The van der Waals surface area contributed by atoms with Crippen molar-refractivity contribution in [2.24, 2.45) is 0 Å². The lowest BCUT2D eigenvalue weighted by Gasteiger charge is -2.10. The van der Waals surface area contributed by atoms with E-state index in [-0.39, 0.29) is 0 Å². The zero-order chi connectivity index (χ0) is 14.8. The molecule has 0 aliphatic heterocycles. The summed E-state index contributed by atoms with van der Waals surface area (Å²) in [6, 6.07) is 7.88. The Kier molecular flexibility index (Phi) is 4.45. The van der Waals surface area contributed by atoms with E-state index in [1.165, 1.54) is 12.8 Å². The van der Waals surface area contributed by atoms with Gasteiger partial charge in [-0.05, 0) is 37.5 Å². The molecule has 1 heterocycles. The van der Waals surface area contributed by atoms with Gasteiger partial charge in [0, 0.05) is 34.3 Å². The van der Waals surface area contributed by atoms with Crippen LogP contribution in [0, 0.1) is 0 Å². The smallest absolute Gasteiger partial charge is 0.163 e. The van der Waals surface area contributed by atoms with Crippen molar-refractivity contribution in [1.82, 2.24) is 9.97 Å². The van der Waals surface area contributed by atoms with Gasteiger partial charge in [-0.3, -0.25) is 0 Å². The van der Waals surface area contributed by atoms with Crippen LogP contribution in [0.4, 0.5) is 5.82 Å². The average molecular weight is 367 g/mol. The van der Waals surface area contributed by atoms with Gasteiger partial charge in [0.1, 0.15) is 5.82 Å². The molecule has 1 aliphatic carbocycles. The molecule has 0 bridgehead atoms. The monoisotopic (exact) mass is 365 g/mol. The number of hydrogen-bond donors (Lipinski definition) is 1. The second-order valence-corrected chi connectivity index (χ2v) is 6.65. The van der Waals surface area contributed by atoms with Gasteiger partial charge in [-0.2, -0.15) is 0 Å². The molecule has 1 aromatic heterocycles. The minimum absolute atomic E-state index is 0.586. The first kappa shape index (κ1) is 14.8. The Balaban J connectivity index is 2.01. The van der Waals surface area contributed by atoms with E-state index in [0.717, 1.165) is 34.5 Å². The lowest BCUT2D eigenvalue weighted by atomic mass is 10.2. The van der Waals surface area contributed by atoms with Crippen molar-refractivity contribution >= 4 is 33.3 Å². The van der Waals surface area contributed by atoms with Crippen LogP contribution in [-0.2, 0) is 0 Å². The molecule has 0 radical (unpaired) electrons. The van der Waals surface area contributed by atoms with E-state index in [9.17, 15) is 0 Å². The maximum absolute atomic E-state index is 6.34. The summed E-state index contributed by atoms with van der Waals surface area (Å²) in [6.07, 6.45) is 3.51. The summed E-state index contributed by atoms with van der Waals surface area (Å²) in [4.78, 5) is 9.33. The minimum Gasteiger partial charge on any atom is -0.370 e. The highest BCUT2D eigenvalue weighted by Gasteiger charge is 2.26. The highest BCUT2D eigenvalue weighted by molar-refractivity contribution is 9.10. The van der Waals surface area contributed by atoms with Gasteiger partial charge in [-0.15, -0.1) is 0 Å². The molecule has 0 spiro atoms. The summed E-state index contributed by atoms with van der Waals surface area (Å²) < 4.78 is 0.957. The van der Waals surface area contributed by atoms with E-state index in [2.05, 4.69) is 39.2 Å². The van der Waals surface area contributed by atoms with Gasteiger partial charge < -0.3 is 5.32 Å². The molecule has 3 rings (SSSR count). The molecule has 0 amide bonds. The number of halogens is 2. The first-order valence-corrected chi connectivity index (χ1v) is 8.42. The lowest BCUT2D eigenvalue weighted by Crippen LogP contribution is -2.05. The molecule has 0 saturated heterocycles. The molecule has 1 saturated carbocycles. The summed E-state index contributed by atoms with van der Waals surface area (Å²) in [5.74, 6) is 2.18. The van der Waals surface area contributed by atoms with Crippen molar-refractivity contribution < 1.29 is 0 Å². The molecule has 21 heavy (non-hydrogen) atoms. The van der Waals surface area contributed by atoms with Crippen LogP contribution in [0.1, 0.15) is 37.8 Å². The predicted molar refractivity (Wildman–Crippen MR) is 90.9 cm³/mol. The van der Waals surface area contributed by atoms with Crippen LogP contribution in [0.15, 0.2) is 28.7 Å². The van der Waals surface area contributed by atoms with Crippen LogP contribution in [-0.4, -0.2) is 16.5 Å². The van der Waals surface area contributed by atoms with Crippen LogP contribution in [0.3, 0.4) is 0 Å². The van der Waals surface area contributed by atoms with Gasteiger partial charge in [0.15, 0.2) is 5.82 Å². The zero-order valence-electron chi connectivity index (χ0n) is 11.9. The van der Waals surface area contributed by atoms with Gasteiger partial charge in [0.25, 0.3) is 0 Å². The van der Waals surface area contributed by atoms with Crippen LogP contribution < -0.4 is 5.32 Å². The number of aromatic nitrogens is 2. The summed E-state index contributed by atoms with van der Waals surface area (Å²) in [7, 11) is 0.